The van der Waals surface area contributed by atoms with Crippen LogP contribution in [0.2, 0.25) is 0 Å². The maximum atomic E-state index is 8.63. The van der Waals surface area contributed by atoms with Crippen LogP contribution in [0.1, 0.15) is 51.9 Å². The molecule has 1 rings (SSSR count). The van der Waals surface area contributed by atoms with Crippen LogP contribution in [0.4, 0.5) is 0 Å². The highest BCUT2D eigenvalue weighted by molar-refractivity contribution is 5.13. The summed E-state index contributed by atoms with van der Waals surface area (Å²) >= 11 is 0. The average molecular weight is 210 g/mol. The van der Waals surface area contributed by atoms with E-state index in [1.807, 2.05) is 0 Å². The molecule has 2 atom stereocenters. The zero-order chi connectivity index (χ0) is 10.9. The maximum absolute atomic E-state index is 8.63. The first-order chi connectivity index (χ1) is 7.38. The lowest BCUT2D eigenvalue weighted by Crippen LogP contribution is -1.93. The number of ether oxygens (including phenoxy) is 1. The molecular formula is C13H22O2. The average Bonchev–Trinajstić information content (AvgIpc) is 2.99. The van der Waals surface area contributed by atoms with Crippen LogP contribution in [0.5, 0.6) is 0 Å². The van der Waals surface area contributed by atoms with Crippen molar-refractivity contribution in [3.05, 3.63) is 0 Å². The molecule has 1 heterocycles. The highest BCUT2D eigenvalue weighted by Gasteiger charge is 2.36. The molecule has 1 fully saturated rings. The van der Waals surface area contributed by atoms with E-state index in [0.717, 1.165) is 19.3 Å². The number of aliphatic hydroxyl groups excluding tert-OH is 1. The monoisotopic (exact) mass is 210 g/mol. The van der Waals surface area contributed by atoms with Gasteiger partial charge in [-0.05, 0) is 19.3 Å². The van der Waals surface area contributed by atoms with Gasteiger partial charge >= 0.3 is 0 Å². The third kappa shape index (κ3) is 5.81. The van der Waals surface area contributed by atoms with Gasteiger partial charge in [-0.2, -0.15) is 0 Å². The van der Waals surface area contributed by atoms with Gasteiger partial charge in [0, 0.05) is 13.0 Å². The molecule has 2 nitrogen and oxygen atoms in total. The van der Waals surface area contributed by atoms with E-state index in [2.05, 4.69) is 18.8 Å². The van der Waals surface area contributed by atoms with Crippen molar-refractivity contribution in [2.24, 2.45) is 0 Å². The fourth-order valence-corrected chi connectivity index (χ4v) is 1.59. The van der Waals surface area contributed by atoms with E-state index in [9.17, 15) is 0 Å². The predicted octanol–water partition coefficient (Wildman–Crippen LogP) is 2.50. The topological polar surface area (TPSA) is 32.8 Å². The Bertz CT molecular complexity index is 214. The van der Waals surface area contributed by atoms with Gasteiger partial charge in [0.05, 0.1) is 6.10 Å². The molecule has 0 aliphatic carbocycles. The van der Waals surface area contributed by atoms with Crippen molar-refractivity contribution in [3.63, 3.8) is 0 Å². The van der Waals surface area contributed by atoms with Crippen molar-refractivity contribution in [1.29, 1.82) is 0 Å². The molecule has 0 amide bonds. The SMILES string of the molecule is CCCCCCC#C[C@H]1O[C@H]1CCCO. The standard InChI is InChI=1S/C13H22O2/c1-2-3-4-5-6-7-9-12-13(15-12)10-8-11-14/h12-14H,2-6,8,10-11H2,1H3/t12-,13+/m1/s1. The second kappa shape index (κ2) is 7.73. The molecule has 0 aromatic rings. The van der Waals surface area contributed by atoms with Crippen molar-refractivity contribution in [3.8, 4) is 11.8 Å². The number of unbranched alkanes of at least 4 members (excludes halogenated alkanes) is 4. The molecular weight excluding hydrogens is 188 g/mol. The normalized spacial score (nSPS) is 23.3. The molecule has 0 unspecified atom stereocenters. The molecule has 1 saturated heterocycles. The van der Waals surface area contributed by atoms with E-state index in [1.54, 1.807) is 0 Å². The number of hydrogen-bond acceptors (Lipinski definition) is 2. The molecule has 86 valence electrons. The summed E-state index contributed by atoms with van der Waals surface area (Å²) < 4.78 is 5.36. The molecule has 2 heteroatoms. The molecule has 0 bridgehead atoms. The van der Waals surface area contributed by atoms with E-state index in [4.69, 9.17) is 9.84 Å². The minimum Gasteiger partial charge on any atom is -0.396 e. The maximum Gasteiger partial charge on any atom is 0.144 e. The van der Waals surface area contributed by atoms with E-state index in [1.165, 1.54) is 25.7 Å². The fraction of sp³-hybridized carbons (Fsp3) is 0.846. The van der Waals surface area contributed by atoms with Gasteiger partial charge in [0.2, 0.25) is 0 Å². The van der Waals surface area contributed by atoms with Crippen LogP contribution in [0.25, 0.3) is 0 Å². The van der Waals surface area contributed by atoms with Crippen LogP contribution in [0.15, 0.2) is 0 Å². The Kier molecular flexibility index (Phi) is 6.47. The van der Waals surface area contributed by atoms with Crippen molar-refractivity contribution in [2.45, 2.75) is 64.1 Å². The minimum atomic E-state index is 0.169. The third-order valence-corrected chi connectivity index (χ3v) is 2.63. The van der Waals surface area contributed by atoms with E-state index in [0.29, 0.717) is 6.10 Å². The summed E-state index contributed by atoms with van der Waals surface area (Å²) in [6, 6.07) is 0. The first kappa shape index (κ1) is 12.5. The van der Waals surface area contributed by atoms with Crippen LogP contribution in [0, 0.1) is 11.8 Å². The lowest BCUT2D eigenvalue weighted by molar-refractivity contribution is 0.273. The second-order valence-corrected chi connectivity index (χ2v) is 4.09. The van der Waals surface area contributed by atoms with Gasteiger partial charge in [0.1, 0.15) is 6.10 Å². The second-order valence-electron chi connectivity index (χ2n) is 4.09. The third-order valence-electron chi connectivity index (χ3n) is 2.63. The van der Waals surface area contributed by atoms with Crippen LogP contribution in [0.3, 0.4) is 0 Å². The Morgan fingerprint density at radius 1 is 1.20 bits per heavy atom. The summed E-state index contributed by atoms with van der Waals surface area (Å²) in [6.07, 6.45) is 8.38. The number of epoxide rings is 1. The quantitative estimate of drug-likeness (QED) is 0.398. The van der Waals surface area contributed by atoms with Crippen LogP contribution in [-0.4, -0.2) is 23.9 Å². The Hall–Kier alpha value is -0.520. The summed E-state index contributed by atoms with van der Waals surface area (Å²) in [5, 5.41) is 8.63. The minimum absolute atomic E-state index is 0.169. The fourth-order valence-electron chi connectivity index (χ4n) is 1.59. The first-order valence-corrected chi connectivity index (χ1v) is 6.13. The summed E-state index contributed by atoms with van der Waals surface area (Å²) in [5.41, 5.74) is 0. The summed E-state index contributed by atoms with van der Waals surface area (Å²) in [4.78, 5) is 0. The van der Waals surface area contributed by atoms with Gasteiger partial charge in [0.25, 0.3) is 0 Å². The summed E-state index contributed by atoms with van der Waals surface area (Å²) in [5.74, 6) is 6.31. The number of aliphatic hydroxyl groups is 1. The molecule has 0 aromatic heterocycles. The Balaban J connectivity index is 1.94. The van der Waals surface area contributed by atoms with Crippen molar-refractivity contribution >= 4 is 0 Å². The molecule has 15 heavy (non-hydrogen) atoms. The Morgan fingerprint density at radius 3 is 2.80 bits per heavy atom. The van der Waals surface area contributed by atoms with Crippen LogP contribution in [-0.2, 0) is 4.74 Å². The molecule has 0 radical (unpaired) electrons. The highest BCUT2D eigenvalue weighted by atomic mass is 16.6. The molecule has 1 aliphatic heterocycles. The summed E-state index contributed by atoms with van der Waals surface area (Å²) in [6.45, 7) is 2.48. The van der Waals surface area contributed by atoms with Gasteiger partial charge in [-0.3, -0.25) is 0 Å². The predicted molar refractivity (Wildman–Crippen MR) is 61.5 cm³/mol. The Morgan fingerprint density at radius 2 is 2.07 bits per heavy atom. The number of hydrogen-bond donors (Lipinski definition) is 1. The molecule has 1 N–H and O–H groups in total. The van der Waals surface area contributed by atoms with E-state index in [-0.39, 0.29) is 12.7 Å². The summed E-state index contributed by atoms with van der Waals surface area (Å²) in [7, 11) is 0. The van der Waals surface area contributed by atoms with E-state index < -0.39 is 0 Å². The zero-order valence-corrected chi connectivity index (χ0v) is 9.67. The molecule has 0 saturated carbocycles. The van der Waals surface area contributed by atoms with Crippen molar-refractivity contribution in [1.82, 2.24) is 0 Å². The smallest absolute Gasteiger partial charge is 0.144 e. The van der Waals surface area contributed by atoms with Gasteiger partial charge in [0.15, 0.2) is 0 Å². The number of rotatable bonds is 7. The highest BCUT2D eigenvalue weighted by Crippen LogP contribution is 2.25. The zero-order valence-electron chi connectivity index (χ0n) is 9.67. The molecule has 1 aliphatic rings. The lowest BCUT2D eigenvalue weighted by Gasteiger charge is -1.91. The molecule has 0 aromatic carbocycles. The van der Waals surface area contributed by atoms with Crippen LogP contribution < -0.4 is 0 Å². The van der Waals surface area contributed by atoms with E-state index >= 15 is 0 Å². The molecule has 0 spiro atoms. The van der Waals surface area contributed by atoms with Crippen molar-refractivity contribution < 1.29 is 9.84 Å². The van der Waals surface area contributed by atoms with Crippen molar-refractivity contribution in [2.75, 3.05) is 6.61 Å². The van der Waals surface area contributed by atoms with Gasteiger partial charge in [-0.25, -0.2) is 0 Å². The largest absolute Gasteiger partial charge is 0.396 e. The van der Waals surface area contributed by atoms with Gasteiger partial charge in [-0.15, -0.1) is 5.92 Å². The van der Waals surface area contributed by atoms with Gasteiger partial charge in [-0.1, -0.05) is 32.1 Å². The van der Waals surface area contributed by atoms with Gasteiger partial charge < -0.3 is 9.84 Å². The van der Waals surface area contributed by atoms with Crippen LogP contribution >= 0.6 is 0 Å². The lowest BCUT2D eigenvalue weighted by atomic mass is 10.1. The Labute approximate surface area is 93.0 Å². The first-order valence-electron chi connectivity index (χ1n) is 6.13.